The molecule has 1 aliphatic rings. The molecular weight excluding hydrogens is 496 g/mol. The monoisotopic (exact) mass is 526 g/mol. The lowest BCUT2D eigenvalue weighted by atomic mass is 9.88. The van der Waals surface area contributed by atoms with Gasteiger partial charge in [0.2, 0.25) is 11.7 Å². The van der Waals surface area contributed by atoms with Gasteiger partial charge in [-0.05, 0) is 50.1 Å². The highest BCUT2D eigenvalue weighted by Crippen LogP contribution is 2.34. The van der Waals surface area contributed by atoms with Crippen molar-refractivity contribution in [1.82, 2.24) is 9.88 Å². The Morgan fingerprint density at radius 3 is 2.62 bits per heavy atom. The number of furan rings is 1. The van der Waals surface area contributed by atoms with Gasteiger partial charge < -0.3 is 24.7 Å². The third-order valence-corrected chi connectivity index (χ3v) is 6.68. The molecule has 0 radical (unpaired) electrons. The van der Waals surface area contributed by atoms with Crippen LogP contribution in [-0.4, -0.2) is 54.4 Å². The summed E-state index contributed by atoms with van der Waals surface area (Å²) < 4.78 is 11.2. The lowest BCUT2D eigenvalue weighted by molar-refractivity contribution is -0.120. The number of likely N-dealkylation sites (N-methyl/N-ethyl adjacent to an activating group) is 1. The van der Waals surface area contributed by atoms with E-state index in [4.69, 9.17) is 20.8 Å². The molecule has 1 aliphatic carbocycles. The predicted molar refractivity (Wildman–Crippen MR) is 142 cm³/mol. The molecule has 3 amide bonds. The Labute approximate surface area is 220 Å². The van der Waals surface area contributed by atoms with Crippen LogP contribution in [0.2, 0.25) is 5.02 Å². The second-order valence-corrected chi connectivity index (χ2v) is 9.52. The number of halogens is 1. The van der Waals surface area contributed by atoms with Crippen LogP contribution in [0, 0.1) is 5.92 Å². The molecule has 0 spiro atoms. The average Bonchev–Trinajstić information content (AvgIpc) is 3.27. The highest BCUT2D eigenvalue weighted by Gasteiger charge is 2.27. The van der Waals surface area contributed by atoms with Gasteiger partial charge in [0, 0.05) is 43.3 Å². The summed E-state index contributed by atoms with van der Waals surface area (Å²) >= 11 is 5.89. The van der Waals surface area contributed by atoms with Gasteiger partial charge in [-0.25, -0.2) is 4.98 Å². The molecular formula is C27H31ClN4O5. The minimum absolute atomic E-state index is 0.0646. The maximum atomic E-state index is 13.2. The van der Waals surface area contributed by atoms with Gasteiger partial charge in [0.1, 0.15) is 17.1 Å². The molecule has 0 aliphatic heterocycles. The number of benzene rings is 1. The maximum absolute atomic E-state index is 13.2. The number of carbonyl (C=O) groups is 3. The average molecular weight is 527 g/mol. The van der Waals surface area contributed by atoms with Gasteiger partial charge in [0.05, 0.1) is 11.6 Å². The first-order valence-corrected chi connectivity index (χ1v) is 12.9. The minimum atomic E-state index is -0.577. The van der Waals surface area contributed by atoms with E-state index in [0.29, 0.717) is 41.3 Å². The van der Waals surface area contributed by atoms with Crippen molar-refractivity contribution in [3.63, 3.8) is 0 Å². The molecule has 37 heavy (non-hydrogen) atoms. The summed E-state index contributed by atoms with van der Waals surface area (Å²) in [6.07, 6.45) is 6.11. The number of fused-ring (bicyclic) bond motifs is 1. The Balaban J connectivity index is 1.66. The number of nitrogens with one attached hydrogen (secondary N) is 2. The van der Waals surface area contributed by atoms with Crippen molar-refractivity contribution in [3.05, 3.63) is 52.9 Å². The zero-order valence-corrected chi connectivity index (χ0v) is 21.8. The number of hydrogen-bond donors (Lipinski definition) is 2. The van der Waals surface area contributed by atoms with Gasteiger partial charge in [-0.15, -0.1) is 0 Å². The van der Waals surface area contributed by atoms with Gasteiger partial charge in [0.15, 0.2) is 0 Å². The summed E-state index contributed by atoms with van der Waals surface area (Å²) in [5.74, 6) is -0.861. The molecule has 1 saturated carbocycles. The number of ether oxygens (including phenoxy) is 1. The van der Waals surface area contributed by atoms with E-state index in [-0.39, 0.29) is 35.0 Å². The molecule has 2 N–H and O–H groups in total. The van der Waals surface area contributed by atoms with E-state index in [1.54, 1.807) is 42.3 Å². The smallest absolute Gasteiger partial charge is 0.294 e. The lowest BCUT2D eigenvalue weighted by Crippen LogP contribution is -2.30. The van der Waals surface area contributed by atoms with E-state index < -0.39 is 5.91 Å². The molecule has 0 unspecified atom stereocenters. The third-order valence-electron chi connectivity index (χ3n) is 6.46. The normalized spacial score (nSPS) is 13.9. The van der Waals surface area contributed by atoms with Crippen molar-refractivity contribution in [2.45, 2.75) is 39.0 Å². The van der Waals surface area contributed by atoms with E-state index in [1.807, 2.05) is 6.92 Å². The predicted octanol–water partition coefficient (Wildman–Crippen LogP) is 5.36. The number of rotatable bonds is 9. The standard InChI is InChI=1S/C27H31ClN4O5/c1-3-36-14-13-32(2)27(35)18-9-11-21-20(15-18)23(31-25(33)17-7-5-4-6-8-17)24(37-21)26(34)30-22-12-10-19(28)16-29-22/h9-12,15-17H,3-8,13-14H2,1-2H3,(H,31,33)(H,29,30,34). The molecule has 4 rings (SSSR count). The minimum Gasteiger partial charge on any atom is -0.449 e. The highest BCUT2D eigenvalue weighted by molar-refractivity contribution is 6.30. The van der Waals surface area contributed by atoms with Crippen LogP contribution in [0.15, 0.2) is 40.9 Å². The molecule has 2 heterocycles. The van der Waals surface area contributed by atoms with Crippen molar-refractivity contribution in [1.29, 1.82) is 0 Å². The van der Waals surface area contributed by atoms with E-state index >= 15 is 0 Å². The van der Waals surface area contributed by atoms with Crippen LogP contribution in [0.4, 0.5) is 11.5 Å². The Bertz CT molecular complexity index is 1270. The van der Waals surface area contributed by atoms with Crippen LogP contribution in [0.3, 0.4) is 0 Å². The molecule has 1 aromatic carbocycles. The largest absolute Gasteiger partial charge is 0.449 e. The summed E-state index contributed by atoms with van der Waals surface area (Å²) in [6, 6.07) is 8.09. The SMILES string of the molecule is CCOCCN(C)C(=O)c1ccc2oc(C(=O)Nc3ccc(Cl)cn3)c(NC(=O)C3CCCCC3)c2c1. The van der Waals surface area contributed by atoms with Crippen molar-refractivity contribution < 1.29 is 23.5 Å². The fraction of sp³-hybridized carbons (Fsp3) is 0.407. The number of aromatic nitrogens is 1. The molecule has 2 aromatic heterocycles. The Hall–Kier alpha value is -3.43. The summed E-state index contributed by atoms with van der Waals surface area (Å²) in [6.45, 7) is 3.33. The summed E-state index contributed by atoms with van der Waals surface area (Å²) in [7, 11) is 1.70. The lowest BCUT2D eigenvalue weighted by Gasteiger charge is -2.20. The van der Waals surface area contributed by atoms with Crippen molar-refractivity contribution >= 4 is 51.8 Å². The fourth-order valence-corrected chi connectivity index (χ4v) is 4.51. The summed E-state index contributed by atoms with van der Waals surface area (Å²) in [4.78, 5) is 45.0. The van der Waals surface area contributed by atoms with Gasteiger partial charge in [-0.1, -0.05) is 30.9 Å². The molecule has 3 aromatic rings. The van der Waals surface area contributed by atoms with Crippen LogP contribution in [0.1, 0.15) is 59.9 Å². The zero-order valence-electron chi connectivity index (χ0n) is 21.0. The molecule has 10 heteroatoms. The molecule has 9 nitrogen and oxygen atoms in total. The first-order chi connectivity index (χ1) is 17.9. The summed E-state index contributed by atoms with van der Waals surface area (Å²) in [5.41, 5.74) is 1.03. The van der Waals surface area contributed by atoms with Gasteiger partial charge in [-0.3, -0.25) is 14.4 Å². The Morgan fingerprint density at radius 2 is 1.92 bits per heavy atom. The summed E-state index contributed by atoms with van der Waals surface area (Å²) in [5, 5.41) is 6.53. The third kappa shape index (κ3) is 6.47. The van der Waals surface area contributed by atoms with Gasteiger partial charge >= 0.3 is 0 Å². The molecule has 1 fully saturated rings. The van der Waals surface area contributed by atoms with Gasteiger partial charge in [-0.2, -0.15) is 0 Å². The van der Waals surface area contributed by atoms with Crippen molar-refractivity contribution in [3.8, 4) is 0 Å². The van der Waals surface area contributed by atoms with E-state index in [1.165, 1.54) is 6.20 Å². The van der Waals surface area contributed by atoms with Crippen molar-refractivity contribution in [2.75, 3.05) is 37.4 Å². The number of amides is 3. The topological polar surface area (TPSA) is 114 Å². The quantitative estimate of drug-likeness (QED) is 0.363. The van der Waals surface area contributed by atoms with Crippen LogP contribution < -0.4 is 10.6 Å². The van der Waals surface area contributed by atoms with Crippen LogP contribution in [-0.2, 0) is 9.53 Å². The number of nitrogens with zero attached hydrogens (tertiary/aromatic N) is 2. The first-order valence-electron chi connectivity index (χ1n) is 12.5. The highest BCUT2D eigenvalue weighted by atomic mass is 35.5. The number of carbonyl (C=O) groups excluding carboxylic acids is 3. The zero-order chi connectivity index (χ0) is 26.4. The van der Waals surface area contributed by atoms with E-state index in [9.17, 15) is 14.4 Å². The fourth-order valence-electron chi connectivity index (χ4n) is 4.40. The first kappa shape index (κ1) is 26.6. The Morgan fingerprint density at radius 1 is 1.14 bits per heavy atom. The van der Waals surface area contributed by atoms with Crippen molar-refractivity contribution in [2.24, 2.45) is 5.92 Å². The molecule has 0 bridgehead atoms. The number of pyridine rings is 1. The Kier molecular flexibility index (Phi) is 8.78. The molecule has 0 saturated heterocycles. The van der Waals surface area contributed by atoms with Crippen LogP contribution in [0.5, 0.6) is 0 Å². The molecule has 0 atom stereocenters. The van der Waals surface area contributed by atoms with E-state index in [2.05, 4.69) is 15.6 Å². The molecule has 196 valence electrons. The van der Waals surface area contributed by atoms with Crippen LogP contribution >= 0.6 is 11.6 Å². The second kappa shape index (κ2) is 12.2. The number of anilines is 2. The number of hydrogen-bond acceptors (Lipinski definition) is 6. The van der Waals surface area contributed by atoms with Gasteiger partial charge in [0.25, 0.3) is 11.8 Å². The van der Waals surface area contributed by atoms with Crippen LogP contribution in [0.25, 0.3) is 11.0 Å². The van der Waals surface area contributed by atoms with E-state index in [0.717, 1.165) is 32.1 Å². The maximum Gasteiger partial charge on any atom is 0.294 e. The second-order valence-electron chi connectivity index (χ2n) is 9.08.